The van der Waals surface area contributed by atoms with E-state index in [1.54, 1.807) is 13.2 Å². The highest BCUT2D eigenvalue weighted by molar-refractivity contribution is 5.78. The van der Waals surface area contributed by atoms with Crippen LogP contribution in [-0.4, -0.2) is 19.8 Å². The molecule has 0 saturated carbocycles. The van der Waals surface area contributed by atoms with Gasteiger partial charge >= 0.3 is 0 Å². The number of likely N-dealkylation sites (N-methyl/N-ethyl adjacent to an activating group) is 1. The molecule has 0 saturated heterocycles. The summed E-state index contributed by atoms with van der Waals surface area (Å²) < 4.78 is 24.2. The molecule has 0 aliphatic carbocycles. The molecule has 0 aliphatic heterocycles. The molecule has 2 atom stereocenters. The third kappa shape index (κ3) is 2.54. The minimum Gasteiger partial charge on any atom is -0.459 e. The zero-order valence-electron chi connectivity index (χ0n) is 10.9. The van der Waals surface area contributed by atoms with Crippen LogP contribution in [0.3, 0.4) is 0 Å². The topological polar surface area (TPSA) is 34.4 Å². The van der Waals surface area contributed by atoms with Crippen molar-refractivity contribution in [3.05, 3.63) is 35.8 Å². The highest BCUT2D eigenvalue weighted by Crippen LogP contribution is 2.27. The lowest BCUT2D eigenvalue weighted by Crippen LogP contribution is -2.30. The van der Waals surface area contributed by atoms with E-state index in [0.29, 0.717) is 5.58 Å². The van der Waals surface area contributed by atoms with Gasteiger partial charge in [0.1, 0.15) is 17.2 Å². The Hall–Kier alpha value is -1.39. The highest BCUT2D eigenvalue weighted by Gasteiger charge is 2.22. The Bertz CT molecular complexity index is 523. The summed E-state index contributed by atoms with van der Waals surface area (Å²) in [6, 6.07) is 6.35. The van der Waals surface area contributed by atoms with E-state index in [1.165, 1.54) is 12.1 Å². The fourth-order valence-electron chi connectivity index (χ4n) is 2.04. The molecular weight excluding hydrogens is 233 g/mol. The van der Waals surface area contributed by atoms with Gasteiger partial charge in [-0.25, -0.2) is 4.39 Å². The third-order valence-corrected chi connectivity index (χ3v) is 3.07. The fraction of sp³-hybridized carbons (Fsp3) is 0.429. The number of ether oxygens (including phenoxy) is 1. The van der Waals surface area contributed by atoms with Crippen molar-refractivity contribution in [2.45, 2.75) is 26.0 Å². The van der Waals surface area contributed by atoms with E-state index in [0.717, 1.165) is 17.7 Å². The number of methoxy groups -OCH3 is 1. The lowest BCUT2D eigenvalue weighted by molar-refractivity contribution is 0.0766. The summed E-state index contributed by atoms with van der Waals surface area (Å²) in [4.78, 5) is 0. The van der Waals surface area contributed by atoms with Crippen LogP contribution >= 0.6 is 0 Å². The van der Waals surface area contributed by atoms with Crippen LogP contribution in [0, 0.1) is 5.82 Å². The molecule has 0 bridgehead atoms. The second kappa shape index (κ2) is 5.50. The molecule has 1 N–H and O–H groups in total. The minimum absolute atomic E-state index is 0.0182. The number of fused-ring (bicyclic) bond motifs is 1. The van der Waals surface area contributed by atoms with Crippen LogP contribution in [-0.2, 0) is 4.74 Å². The molecule has 1 heterocycles. The summed E-state index contributed by atoms with van der Waals surface area (Å²) >= 11 is 0. The van der Waals surface area contributed by atoms with Gasteiger partial charge in [-0.1, -0.05) is 6.92 Å². The average Bonchev–Trinajstić information content (AvgIpc) is 2.77. The largest absolute Gasteiger partial charge is 0.459 e. The van der Waals surface area contributed by atoms with Crippen molar-refractivity contribution >= 4 is 11.0 Å². The molecule has 2 rings (SSSR count). The number of rotatable bonds is 5. The van der Waals surface area contributed by atoms with Crippen LogP contribution in [0.5, 0.6) is 0 Å². The first-order valence-corrected chi connectivity index (χ1v) is 6.11. The monoisotopic (exact) mass is 251 g/mol. The summed E-state index contributed by atoms with van der Waals surface area (Å²) in [6.45, 7) is 4.81. The van der Waals surface area contributed by atoms with Gasteiger partial charge in [0.05, 0.1) is 12.1 Å². The fourth-order valence-corrected chi connectivity index (χ4v) is 2.04. The van der Waals surface area contributed by atoms with Crippen LogP contribution < -0.4 is 5.32 Å². The number of nitrogens with one attached hydrogen (secondary N) is 1. The summed E-state index contributed by atoms with van der Waals surface area (Å²) in [7, 11) is 1.66. The summed E-state index contributed by atoms with van der Waals surface area (Å²) in [5.41, 5.74) is 0.692. The Morgan fingerprint density at radius 3 is 2.83 bits per heavy atom. The van der Waals surface area contributed by atoms with Crippen LogP contribution in [0.15, 0.2) is 28.7 Å². The standard InChI is InChI=1S/C14H18FNO2/c1-4-16-14(9(2)17-3)13-8-10-7-11(15)5-6-12(10)18-13/h5-9,14,16H,4H2,1-3H3. The molecule has 3 nitrogen and oxygen atoms in total. The maximum atomic E-state index is 13.1. The van der Waals surface area contributed by atoms with Gasteiger partial charge in [-0.05, 0) is 37.7 Å². The lowest BCUT2D eigenvalue weighted by atomic mass is 10.1. The van der Waals surface area contributed by atoms with Crippen molar-refractivity contribution < 1.29 is 13.5 Å². The zero-order chi connectivity index (χ0) is 13.1. The zero-order valence-corrected chi connectivity index (χ0v) is 10.9. The smallest absolute Gasteiger partial charge is 0.134 e. The van der Waals surface area contributed by atoms with Gasteiger partial charge < -0.3 is 14.5 Å². The molecule has 4 heteroatoms. The van der Waals surface area contributed by atoms with E-state index < -0.39 is 0 Å². The highest BCUT2D eigenvalue weighted by atomic mass is 19.1. The van der Waals surface area contributed by atoms with Crippen molar-refractivity contribution in [1.29, 1.82) is 0 Å². The van der Waals surface area contributed by atoms with Gasteiger partial charge in [-0.3, -0.25) is 0 Å². The molecule has 1 aromatic heterocycles. The Balaban J connectivity index is 2.38. The lowest BCUT2D eigenvalue weighted by Gasteiger charge is -2.21. The number of hydrogen-bond donors (Lipinski definition) is 1. The molecule has 98 valence electrons. The summed E-state index contributed by atoms with van der Waals surface area (Å²) in [5.74, 6) is 0.515. The van der Waals surface area contributed by atoms with Crippen LogP contribution in [0.4, 0.5) is 4.39 Å². The van der Waals surface area contributed by atoms with E-state index in [4.69, 9.17) is 9.15 Å². The van der Waals surface area contributed by atoms with Crippen LogP contribution in [0.1, 0.15) is 25.6 Å². The van der Waals surface area contributed by atoms with Crippen molar-refractivity contribution in [2.24, 2.45) is 0 Å². The number of hydrogen-bond acceptors (Lipinski definition) is 3. The van der Waals surface area contributed by atoms with Gasteiger partial charge in [-0.15, -0.1) is 0 Å². The molecule has 18 heavy (non-hydrogen) atoms. The van der Waals surface area contributed by atoms with E-state index in [9.17, 15) is 4.39 Å². The van der Waals surface area contributed by atoms with Crippen LogP contribution in [0.2, 0.25) is 0 Å². The Kier molecular flexibility index (Phi) is 3.99. The first kappa shape index (κ1) is 13.1. The Morgan fingerprint density at radius 1 is 1.39 bits per heavy atom. The third-order valence-electron chi connectivity index (χ3n) is 3.07. The second-order valence-corrected chi connectivity index (χ2v) is 4.31. The molecule has 0 fully saturated rings. The molecule has 0 spiro atoms. The van der Waals surface area contributed by atoms with Gasteiger partial charge in [-0.2, -0.15) is 0 Å². The summed E-state index contributed by atoms with van der Waals surface area (Å²) in [5, 5.41) is 4.09. The second-order valence-electron chi connectivity index (χ2n) is 4.31. The molecule has 2 aromatic rings. The molecule has 0 amide bonds. The normalized spacial score (nSPS) is 14.9. The maximum Gasteiger partial charge on any atom is 0.134 e. The van der Waals surface area contributed by atoms with Crippen molar-refractivity contribution in [1.82, 2.24) is 5.32 Å². The van der Waals surface area contributed by atoms with Gasteiger partial charge in [0, 0.05) is 12.5 Å². The predicted molar refractivity (Wildman–Crippen MR) is 69.1 cm³/mol. The first-order chi connectivity index (χ1) is 8.65. The van der Waals surface area contributed by atoms with Crippen molar-refractivity contribution in [2.75, 3.05) is 13.7 Å². The molecule has 0 radical (unpaired) electrons. The summed E-state index contributed by atoms with van der Waals surface area (Å²) in [6.07, 6.45) is -0.0182. The predicted octanol–water partition coefficient (Wildman–Crippen LogP) is 3.26. The van der Waals surface area contributed by atoms with Gasteiger partial charge in [0.2, 0.25) is 0 Å². The van der Waals surface area contributed by atoms with Crippen molar-refractivity contribution in [3.63, 3.8) is 0 Å². The maximum absolute atomic E-state index is 13.1. The van der Waals surface area contributed by atoms with E-state index in [1.807, 2.05) is 19.9 Å². The molecule has 2 unspecified atom stereocenters. The van der Waals surface area contributed by atoms with Gasteiger partial charge in [0.25, 0.3) is 0 Å². The quantitative estimate of drug-likeness (QED) is 0.885. The Labute approximate surface area is 106 Å². The molecular formula is C14H18FNO2. The van der Waals surface area contributed by atoms with E-state index in [-0.39, 0.29) is 18.0 Å². The molecule has 0 aliphatic rings. The van der Waals surface area contributed by atoms with E-state index >= 15 is 0 Å². The number of benzene rings is 1. The Morgan fingerprint density at radius 2 is 2.17 bits per heavy atom. The number of halogens is 1. The van der Waals surface area contributed by atoms with Crippen molar-refractivity contribution in [3.8, 4) is 0 Å². The SMILES string of the molecule is CCNC(c1cc2cc(F)ccc2o1)C(C)OC. The minimum atomic E-state index is -0.255. The molecule has 1 aromatic carbocycles. The average molecular weight is 251 g/mol. The van der Waals surface area contributed by atoms with Crippen LogP contribution in [0.25, 0.3) is 11.0 Å². The number of furan rings is 1. The van der Waals surface area contributed by atoms with E-state index in [2.05, 4.69) is 5.32 Å². The first-order valence-electron chi connectivity index (χ1n) is 6.11. The van der Waals surface area contributed by atoms with Gasteiger partial charge in [0.15, 0.2) is 0 Å².